The van der Waals surface area contributed by atoms with Gasteiger partial charge in [-0.25, -0.2) is 0 Å². The van der Waals surface area contributed by atoms with Crippen molar-refractivity contribution < 1.29 is 4.74 Å². The van der Waals surface area contributed by atoms with E-state index < -0.39 is 0 Å². The van der Waals surface area contributed by atoms with Gasteiger partial charge in [0.05, 0.1) is 6.61 Å². The van der Waals surface area contributed by atoms with Gasteiger partial charge >= 0.3 is 0 Å². The summed E-state index contributed by atoms with van der Waals surface area (Å²) in [5.74, 6) is 1.34. The topological polar surface area (TPSA) is 48.1 Å². The van der Waals surface area contributed by atoms with Gasteiger partial charge < -0.3 is 10.5 Å². The van der Waals surface area contributed by atoms with E-state index in [9.17, 15) is 0 Å². The minimum atomic E-state index is 0.397. The quantitative estimate of drug-likeness (QED) is 0.842. The SMILES string of the molecule is Cc1cc(OCCc2ccncc2)c(C(C)C)cc1N. The fourth-order valence-electron chi connectivity index (χ4n) is 2.12. The van der Waals surface area contributed by atoms with Crippen molar-refractivity contribution in [2.75, 3.05) is 12.3 Å². The number of ether oxygens (including phenoxy) is 1. The van der Waals surface area contributed by atoms with E-state index in [1.165, 1.54) is 11.1 Å². The molecule has 0 amide bonds. The lowest BCUT2D eigenvalue weighted by atomic mass is 9.99. The van der Waals surface area contributed by atoms with Crippen molar-refractivity contribution in [1.29, 1.82) is 0 Å². The van der Waals surface area contributed by atoms with Crippen LogP contribution in [0.3, 0.4) is 0 Å². The number of nitrogen functional groups attached to an aromatic ring is 1. The summed E-state index contributed by atoms with van der Waals surface area (Å²) in [5, 5.41) is 0. The smallest absolute Gasteiger partial charge is 0.123 e. The molecule has 3 nitrogen and oxygen atoms in total. The molecule has 1 heterocycles. The molecule has 106 valence electrons. The van der Waals surface area contributed by atoms with Crippen LogP contribution in [-0.2, 0) is 6.42 Å². The van der Waals surface area contributed by atoms with Crippen LogP contribution in [-0.4, -0.2) is 11.6 Å². The van der Waals surface area contributed by atoms with Crippen LogP contribution in [0.4, 0.5) is 5.69 Å². The minimum absolute atomic E-state index is 0.397. The molecule has 0 saturated heterocycles. The summed E-state index contributed by atoms with van der Waals surface area (Å²) in [4.78, 5) is 4.02. The van der Waals surface area contributed by atoms with E-state index in [1.54, 1.807) is 0 Å². The normalized spacial score (nSPS) is 10.8. The summed E-state index contributed by atoms with van der Waals surface area (Å²) in [5.41, 5.74) is 10.3. The number of hydrogen-bond acceptors (Lipinski definition) is 3. The average Bonchev–Trinajstić information content (AvgIpc) is 2.43. The van der Waals surface area contributed by atoms with Crippen LogP contribution in [0.25, 0.3) is 0 Å². The number of hydrogen-bond donors (Lipinski definition) is 1. The molecule has 0 spiro atoms. The number of aryl methyl sites for hydroxylation is 1. The highest BCUT2D eigenvalue weighted by Gasteiger charge is 2.10. The maximum atomic E-state index is 5.98. The molecule has 0 aliphatic heterocycles. The molecule has 0 atom stereocenters. The molecule has 0 radical (unpaired) electrons. The molecule has 2 aromatic rings. The molecule has 0 saturated carbocycles. The zero-order valence-electron chi connectivity index (χ0n) is 12.4. The summed E-state index contributed by atoms with van der Waals surface area (Å²) in [6.07, 6.45) is 4.49. The summed E-state index contributed by atoms with van der Waals surface area (Å²) in [6, 6.07) is 8.10. The number of anilines is 1. The first kappa shape index (κ1) is 14.4. The van der Waals surface area contributed by atoms with Crippen LogP contribution in [0.15, 0.2) is 36.7 Å². The zero-order valence-corrected chi connectivity index (χ0v) is 12.4. The van der Waals surface area contributed by atoms with Crippen LogP contribution in [0.5, 0.6) is 5.75 Å². The van der Waals surface area contributed by atoms with Crippen LogP contribution >= 0.6 is 0 Å². The maximum absolute atomic E-state index is 5.98. The first-order valence-electron chi connectivity index (χ1n) is 6.99. The van der Waals surface area contributed by atoms with Gasteiger partial charge in [-0.05, 0) is 53.8 Å². The Bertz CT molecular complexity index is 565. The van der Waals surface area contributed by atoms with Crippen molar-refractivity contribution in [3.8, 4) is 5.75 Å². The molecule has 0 fully saturated rings. The van der Waals surface area contributed by atoms with Crippen molar-refractivity contribution in [1.82, 2.24) is 4.98 Å². The lowest BCUT2D eigenvalue weighted by molar-refractivity contribution is 0.317. The van der Waals surface area contributed by atoms with Gasteiger partial charge in [0.1, 0.15) is 5.75 Å². The van der Waals surface area contributed by atoms with Gasteiger partial charge in [0.25, 0.3) is 0 Å². The second kappa shape index (κ2) is 6.42. The van der Waals surface area contributed by atoms with Gasteiger partial charge in [-0.1, -0.05) is 13.8 Å². The number of rotatable bonds is 5. The predicted molar refractivity (Wildman–Crippen MR) is 83.1 cm³/mol. The Hall–Kier alpha value is -2.03. The fourth-order valence-corrected chi connectivity index (χ4v) is 2.12. The Labute approximate surface area is 120 Å². The van der Waals surface area contributed by atoms with E-state index in [-0.39, 0.29) is 0 Å². The molecule has 2 rings (SSSR count). The largest absolute Gasteiger partial charge is 0.493 e. The first-order valence-corrected chi connectivity index (χ1v) is 6.99. The zero-order chi connectivity index (χ0) is 14.5. The van der Waals surface area contributed by atoms with Crippen molar-refractivity contribution in [3.63, 3.8) is 0 Å². The molecule has 20 heavy (non-hydrogen) atoms. The van der Waals surface area contributed by atoms with E-state index in [1.807, 2.05) is 43.6 Å². The number of nitrogens with zero attached hydrogens (tertiary/aromatic N) is 1. The average molecular weight is 270 g/mol. The Morgan fingerprint density at radius 3 is 2.55 bits per heavy atom. The van der Waals surface area contributed by atoms with Gasteiger partial charge in [0, 0.05) is 24.5 Å². The fraction of sp³-hybridized carbons (Fsp3) is 0.353. The highest BCUT2D eigenvalue weighted by Crippen LogP contribution is 2.31. The summed E-state index contributed by atoms with van der Waals surface area (Å²) in [6.45, 7) is 6.97. The van der Waals surface area contributed by atoms with Gasteiger partial charge in [0.15, 0.2) is 0 Å². The maximum Gasteiger partial charge on any atom is 0.123 e. The number of aromatic nitrogens is 1. The molecule has 0 aliphatic carbocycles. The minimum Gasteiger partial charge on any atom is -0.493 e. The summed E-state index contributed by atoms with van der Waals surface area (Å²) in [7, 11) is 0. The van der Waals surface area contributed by atoms with Gasteiger partial charge in [-0.15, -0.1) is 0 Å². The monoisotopic (exact) mass is 270 g/mol. The molecule has 2 N–H and O–H groups in total. The second-order valence-electron chi connectivity index (χ2n) is 5.36. The Balaban J connectivity index is 2.07. The van der Waals surface area contributed by atoms with Crippen LogP contribution in [0.2, 0.25) is 0 Å². The number of pyridine rings is 1. The Kier molecular flexibility index (Phi) is 4.61. The second-order valence-corrected chi connectivity index (χ2v) is 5.36. The van der Waals surface area contributed by atoms with Gasteiger partial charge in [-0.2, -0.15) is 0 Å². The number of benzene rings is 1. The third-order valence-corrected chi connectivity index (χ3v) is 3.42. The van der Waals surface area contributed by atoms with Crippen LogP contribution < -0.4 is 10.5 Å². The van der Waals surface area contributed by atoms with Crippen LogP contribution in [0, 0.1) is 6.92 Å². The van der Waals surface area contributed by atoms with Crippen LogP contribution in [0.1, 0.15) is 36.5 Å². The molecular weight excluding hydrogens is 248 g/mol. The van der Waals surface area contributed by atoms with E-state index >= 15 is 0 Å². The first-order chi connectivity index (χ1) is 9.58. The number of nitrogens with two attached hydrogens (primary N) is 1. The van der Waals surface area contributed by atoms with E-state index in [0.717, 1.165) is 23.4 Å². The van der Waals surface area contributed by atoms with E-state index in [4.69, 9.17) is 10.5 Å². The molecule has 3 heteroatoms. The molecule has 1 aromatic heterocycles. The van der Waals surface area contributed by atoms with E-state index in [2.05, 4.69) is 18.8 Å². The molecule has 0 aliphatic rings. The molecule has 0 unspecified atom stereocenters. The van der Waals surface area contributed by atoms with Crippen molar-refractivity contribution in [2.45, 2.75) is 33.1 Å². The summed E-state index contributed by atoms with van der Waals surface area (Å²) < 4.78 is 5.96. The van der Waals surface area contributed by atoms with E-state index in [0.29, 0.717) is 12.5 Å². The lowest BCUT2D eigenvalue weighted by Crippen LogP contribution is -2.05. The van der Waals surface area contributed by atoms with Gasteiger partial charge in [-0.3, -0.25) is 4.98 Å². The van der Waals surface area contributed by atoms with Crippen molar-refractivity contribution in [3.05, 3.63) is 53.3 Å². The Morgan fingerprint density at radius 1 is 1.20 bits per heavy atom. The third kappa shape index (κ3) is 3.50. The summed E-state index contributed by atoms with van der Waals surface area (Å²) >= 11 is 0. The van der Waals surface area contributed by atoms with Gasteiger partial charge in [0.2, 0.25) is 0 Å². The van der Waals surface area contributed by atoms with Crippen molar-refractivity contribution in [2.24, 2.45) is 0 Å². The molecule has 1 aromatic carbocycles. The Morgan fingerprint density at radius 2 is 1.90 bits per heavy atom. The third-order valence-electron chi connectivity index (χ3n) is 3.42. The standard InChI is InChI=1S/C17H22N2O/c1-12(2)15-11-16(18)13(3)10-17(15)20-9-6-14-4-7-19-8-5-14/h4-5,7-8,10-12H,6,9,18H2,1-3H3. The molecular formula is C17H22N2O. The van der Waals surface area contributed by atoms with Crippen molar-refractivity contribution >= 4 is 5.69 Å². The predicted octanol–water partition coefficient (Wildman–Crippen LogP) is 3.72. The highest BCUT2D eigenvalue weighted by molar-refractivity contribution is 5.55. The highest BCUT2D eigenvalue weighted by atomic mass is 16.5. The molecule has 0 bridgehead atoms. The lowest BCUT2D eigenvalue weighted by Gasteiger charge is -2.16.